The fourth-order valence-corrected chi connectivity index (χ4v) is 2.14. The zero-order valence-corrected chi connectivity index (χ0v) is 14.6. The summed E-state index contributed by atoms with van der Waals surface area (Å²) in [5, 5.41) is 27.2. The molecule has 6 N–H and O–H groups in total. The molecule has 0 saturated carbocycles. The van der Waals surface area contributed by atoms with E-state index in [-0.39, 0.29) is 6.04 Å². The smallest absolute Gasteiger partial charge is 0.411 e. The van der Waals surface area contributed by atoms with Crippen molar-refractivity contribution in [3.8, 4) is 0 Å². The number of carbonyl (C=O) groups excluding carboxylic acids is 2. The summed E-state index contributed by atoms with van der Waals surface area (Å²) in [6.07, 6.45) is 1.40. The minimum atomic E-state index is -1.46. The molecule has 2 unspecified atom stereocenters. The first-order valence-electron chi connectivity index (χ1n) is 8.24. The molecule has 0 aromatic rings. The van der Waals surface area contributed by atoms with Crippen molar-refractivity contribution in [1.29, 1.82) is 0 Å². The standard InChI is InChI=1S/C15H28N4O6/c1-10(9-20)16-8-6-4-3-5-7-12(18-14(22)23)17-11(2)13(21)19-15(24)25/h9-12,16-18H,3-8H2,1-2H3,(H,19,21)(H,22,23)(H,24,25)/t10?,11-,12?/m0/s1. The number of hydrogen-bond donors (Lipinski definition) is 6. The lowest BCUT2D eigenvalue weighted by Crippen LogP contribution is -2.53. The summed E-state index contributed by atoms with van der Waals surface area (Å²) in [4.78, 5) is 43.3. The number of carbonyl (C=O) groups is 4. The molecule has 0 radical (unpaired) electrons. The molecule has 3 atom stereocenters. The van der Waals surface area contributed by atoms with Crippen LogP contribution in [-0.4, -0.2) is 59.4 Å². The first kappa shape index (κ1) is 22.8. The van der Waals surface area contributed by atoms with E-state index < -0.39 is 30.3 Å². The first-order chi connectivity index (χ1) is 11.8. The molecule has 10 nitrogen and oxygen atoms in total. The number of carboxylic acid groups (broad SMARTS) is 2. The summed E-state index contributed by atoms with van der Waals surface area (Å²) < 4.78 is 0. The fraction of sp³-hybridized carbons (Fsp3) is 0.733. The van der Waals surface area contributed by atoms with E-state index in [9.17, 15) is 19.2 Å². The second-order valence-electron chi connectivity index (χ2n) is 5.77. The summed E-state index contributed by atoms with van der Waals surface area (Å²) in [6, 6.07) is -1.02. The van der Waals surface area contributed by atoms with E-state index in [1.807, 2.05) is 0 Å². The quantitative estimate of drug-likeness (QED) is 0.157. The average Bonchev–Trinajstić information content (AvgIpc) is 2.52. The molecule has 25 heavy (non-hydrogen) atoms. The number of unbranched alkanes of at least 4 members (excludes halogenated alkanes) is 3. The first-order valence-corrected chi connectivity index (χ1v) is 8.24. The van der Waals surface area contributed by atoms with Gasteiger partial charge in [0.25, 0.3) is 0 Å². The van der Waals surface area contributed by atoms with Crippen LogP contribution in [0.3, 0.4) is 0 Å². The lowest BCUT2D eigenvalue weighted by Gasteiger charge is -2.22. The van der Waals surface area contributed by atoms with Crippen LogP contribution in [0.4, 0.5) is 9.59 Å². The van der Waals surface area contributed by atoms with Crippen LogP contribution in [0.2, 0.25) is 0 Å². The monoisotopic (exact) mass is 360 g/mol. The molecular weight excluding hydrogens is 332 g/mol. The van der Waals surface area contributed by atoms with Crippen LogP contribution < -0.4 is 21.3 Å². The maximum Gasteiger partial charge on any atom is 0.411 e. The maximum atomic E-state index is 11.5. The lowest BCUT2D eigenvalue weighted by molar-refractivity contribution is -0.122. The molecule has 10 heteroatoms. The van der Waals surface area contributed by atoms with Crippen molar-refractivity contribution in [2.45, 2.75) is 64.2 Å². The molecule has 0 aromatic heterocycles. The highest BCUT2D eigenvalue weighted by molar-refractivity contribution is 5.93. The second-order valence-corrected chi connectivity index (χ2v) is 5.77. The SMILES string of the molecule is CC(C=O)NCCCCCCC(NC(=O)O)N[C@@H](C)C(=O)NC(=O)O. The van der Waals surface area contributed by atoms with E-state index in [2.05, 4.69) is 16.0 Å². The van der Waals surface area contributed by atoms with Crippen LogP contribution in [0.5, 0.6) is 0 Å². The Labute approximate surface area is 146 Å². The number of aldehydes is 1. The van der Waals surface area contributed by atoms with Gasteiger partial charge in [0, 0.05) is 0 Å². The Morgan fingerprint density at radius 1 is 1.00 bits per heavy atom. The van der Waals surface area contributed by atoms with Crippen LogP contribution in [0.15, 0.2) is 0 Å². The number of hydrogen-bond acceptors (Lipinski definition) is 6. The van der Waals surface area contributed by atoms with Crippen LogP contribution in [-0.2, 0) is 9.59 Å². The molecule has 0 aliphatic heterocycles. The van der Waals surface area contributed by atoms with Gasteiger partial charge in [-0.2, -0.15) is 0 Å². The van der Waals surface area contributed by atoms with Gasteiger partial charge in [0.15, 0.2) is 0 Å². The van der Waals surface area contributed by atoms with Gasteiger partial charge in [0.1, 0.15) is 6.29 Å². The molecule has 3 amide bonds. The molecule has 0 rings (SSSR count). The van der Waals surface area contributed by atoms with E-state index >= 15 is 0 Å². The largest absolute Gasteiger partial charge is 0.465 e. The zero-order chi connectivity index (χ0) is 19.2. The predicted molar refractivity (Wildman–Crippen MR) is 90.3 cm³/mol. The van der Waals surface area contributed by atoms with Crippen LogP contribution in [0.25, 0.3) is 0 Å². The Hall–Kier alpha value is -2.20. The van der Waals surface area contributed by atoms with E-state index in [1.165, 1.54) is 6.92 Å². The van der Waals surface area contributed by atoms with Crippen molar-refractivity contribution < 1.29 is 29.4 Å². The maximum absolute atomic E-state index is 11.5. The number of imide groups is 1. The molecule has 144 valence electrons. The lowest BCUT2D eigenvalue weighted by atomic mass is 10.1. The molecular formula is C15H28N4O6. The Balaban J connectivity index is 4.10. The number of amides is 3. The normalized spacial score (nSPS) is 14.2. The van der Waals surface area contributed by atoms with Gasteiger partial charge in [-0.15, -0.1) is 0 Å². The van der Waals surface area contributed by atoms with Gasteiger partial charge < -0.3 is 25.6 Å². The Morgan fingerprint density at radius 3 is 2.20 bits per heavy atom. The van der Waals surface area contributed by atoms with Gasteiger partial charge in [-0.3, -0.25) is 15.4 Å². The summed E-state index contributed by atoms with van der Waals surface area (Å²) >= 11 is 0. The van der Waals surface area contributed by atoms with Gasteiger partial charge in [-0.25, -0.2) is 9.59 Å². The zero-order valence-electron chi connectivity index (χ0n) is 14.6. The Morgan fingerprint density at radius 2 is 1.64 bits per heavy atom. The topological polar surface area (TPSA) is 157 Å². The third kappa shape index (κ3) is 12.8. The molecule has 0 heterocycles. The molecule has 0 aliphatic rings. The highest BCUT2D eigenvalue weighted by atomic mass is 16.4. The van der Waals surface area contributed by atoms with Gasteiger partial charge in [-0.1, -0.05) is 19.3 Å². The van der Waals surface area contributed by atoms with Crippen molar-refractivity contribution in [2.24, 2.45) is 0 Å². The summed E-state index contributed by atoms with van der Waals surface area (Å²) in [5.74, 6) is -0.750. The predicted octanol–water partition coefficient (Wildman–Crippen LogP) is 0.480. The molecule has 0 saturated heterocycles. The van der Waals surface area contributed by atoms with Crippen molar-refractivity contribution in [1.82, 2.24) is 21.3 Å². The van der Waals surface area contributed by atoms with Gasteiger partial charge in [0.2, 0.25) is 5.91 Å². The third-order valence-electron chi connectivity index (χ3n) is 3.46. The van der Waals surface area contributed by atoms with Gasteiger partial charge in [0.05, 0.1) is 18.2 Å². The Kier molecular flexibility index (Phi) is 12.0. The summed E-state index contributed by atoms with van der Waals surface area (Å²) in [5.41, 5.74) is 0. The van der Waals surface area contributed by atoms with E-state index in [4.69, 9.17) is 10.2 Å². The summed E-state index contributed by atoms with van der Waals surface area (Å²) in [7, 11) is 0. The van der Waals surface area contributed by atoms with Gasteiger partial charge in [-0.05, 0) is 33.2 Å². The average molecular weight is 360 g/mol. The Bertz CT molecular complexity index is 446. The summed E-state index contributed by atoms with van der Waals surface area (Å²) in [6.45, 7) is 3.97. The fourth-order valence-electron chi connectivity index (χ4n) is 2.14. The highest BCUT2D eigenvalue weighted by Gasteiger charge is 2.20. The highest BCUT2D eigenvalue weighted by Crippen LogP contribution is 2.05. The molecule has 0 fully saturated rings. The van der Waals surface area contributed by atoms with E-state index in [0.717, 1.165) is 38.5 Å². The van der Waals surface area contributed by atoms with E-state index in [0.29, 0.717) is 6.42 Å². The van der Waals surface area contributed by atoms with Crippen LogP contribution in [0, 0.1) is 0 Å². The second kappa shape index (κ2) is 13.1. The molecule has 0 spiro atoms. The van der Waals surface area contributed by atoms with Crippen molar-refractivity contribution in [3.63, 3.8) is 0 Å². The van der Waals surface area contributed by atoms with Crippen molar-refractivity contribution in [2.75, 3.05) is 6.54 Å². The third-order valence-corrected chi connectivity index (χ3v) is 3.46. The van der Waals surface area contributed by atoms with Gasteiger partial charge >= 0.3 is 12.2 Å². The molecule has 0 aliphatic carbocycles. The van der Waals surface area contributed by atoms with E-state index in [1.54, 1.807) is 12.2 Å². The minimum absolute atomic E-state index is 0.160. The number of rotatable bonds is 13. The van der Waals surface area contributed by atoms with Crippen molar-refractivity contribution in [3.05, 3.63) is 0 Å². The molecule has 0 aromatic carbocycles. The number of nitrogens with one attached hydrogen (secondary N) is 4. The van der Waals surface area contributed by atoms with Crippen molar-refractivity contribution >= 4 is 24.4 Å². The van der Waals surface area contributed by atoms with Crippen LogP contribution in [0.1, 0.15) is 46.0 Å². The molecule has 0 bridgehead atoms. The minimum Gasteiger partial charge on any atom is -0.465 e. The van der Waals surface area contributed by atoms with Crippen LogP contribution >= 0.6 is 0 Å².